The molecule has 1 heterocycles. The minimum absolute atomic E-state index is 0.375. The molecule has 3 heteroatoms. The molecule has 1 atom stereocenters. The standard InChI is InChI=1S/C14H25NOS/c1-11(2)9-13(4)16-7-6-15-10-14-12(3)5-8-17-14/h5,8,11,13,15H,6-7,9-10H2,1-4H3. The lowest BCUT2D eigenvalue weighted by Crippen LogP contribution is -2.22. The summed E-state index contributed by atoms with van der Waals surface area (Å²) in [4.78, 5) is 1.43. The quantitative estimate of drug-likeness (QED) is 0.717. The molecule has 0 spiro atoms. The van der Waals surface area contributed by atoms with Crippen molar-refractivity contribution in [2.75, 3.05) is 13.2 Å². The average molecular weight is 255 g/mol. The van der Waals surface area contributed by atoms with Crippen molar-refractivity contribution in [2.45, 2.75) is 46.8 Å². The molecule has 0 radical (unpaired) electrons. The predicted octanol–water partition coefficient (Wildman–Crippen LogP) is 3.60. The fraction of sp³-hybridized carbons (Fsp3) is 0.714. The molecule has 1 rings (SSSR count). The summed E-state index contributed by atoms with van der Waals surface area (Å²) in [5.41, 5.74) is 1.39. The van der Waals surface area contributed by atoms with Gasteiger partial charge in [0.15, 0.2) is 0 Å². The van der Waals surface area contributed by atoms with Crippen molar-refractivity contribution in [3.05, 3.63) is 21.9 Å². The molecule has 1 aromatic rings. The zero-order valence-corrected chi connectivity index (χ0v) is 12.3. The van der Waals surface area contributed by atoms with Gasteiger partial charge in [-0.3, -0.25) is 0 Å². The SMILES string of the molecule is Cc1ccsc1CNCCOC(C)CC(C)C. The molecule has 0 amide bonds. The Bertz CT molecular complexity index is 309. The van der Waals surface area contributed by atoms with E-state index in [1.807, 2.05) is 11.3 Å². The molecule has 0 aromatic carbocycles. The van der Waals surface area contributed by atoms with Gasteiger partial charge in [0, 0.05) is 18.0 Å². The van der Waals surface area contributed by atoms with Crippen molar-refractivity contribution >= 4 is 11.3 Å². The van der Waals surface area contributed by atoms with Gasteiger partial charge in [0.25, 0.3) is 0 Å². The molecule has 0 aliphatic carbocycles. The number of hydrogen-bond acceptors (Lipinski definition) is 3. The second kappa shape index (κ2) is 7.85. The highest BCUT2D eigenvalue weighted by atomic mass is 32.1. The normalized spacial score (nSPS) is 13.2. The highest BCUT2D eigenvalue weighted by molar-refractivity contribution is 7.10. The Morgan fingerprint density at radius 3 is 2.71 bits per heavy atom. The van der Waals surface area contributed by atoms with Crippen LogP contribution in [-0.2, 0) is 11.3 Å². The Hall–Kier alpha value is -0.380. The summed E-state index contributed by atoms with van der Waals surface area (Å²) in [5.74, 6) is 0.715. The van der Waals surface area contributed by atoms with E-state index in [4.69, 9.17) is 4.74 Å². The second-order valence-electron chi connectivity index (χ2n) is 5.01. The van der Waals surface area contributed by atoms with E-state index in [9.17, 15) is 0 Å². The van der Waals surface area contributed by atoms with Crippen LogP contribution in [0.25, 0.3) is 0 Å². The first-order chi connectivity index (χ1) is 8.09. The van der Waals surface area contributed by atoms with Crippen LogP contribution >= 0.6 is 11.3 Å². The first-order valence-corrected chi connectivity index (χ1v) is 7.33. The van der Waals surface area contributed by atoms with Crippen LogP contribution in [0.2, 0.25) is 0 Å². The predicted molar refractivity (Wildman–Crippen MR) is 75.6 cm³/mol. The van der Waals surface area contributed by atoms with Gasteiger partial charge in [-0.15, -0.1) is 11.3 Å². The fourth-order valence-electron chi connectivity index (χ4n) is 1.85. The highest BCUT2D eigenvalue weighted by Crippen LogP contribution is 2.14. The first kappa shape index (κ1) is 14.7. The number of rotatable bonds is 8. The minimum atomic E-state index is 0.375. The minimum Gasteiger partial charge on any atom is -0.377 e. The van der Waals surface area contributed by atoms with Crippen LogP contribution in [0.4, 0.5) is 0 Å². The molecule has 98 valence electrons. The van der Waals surface area contributed by atoms with Crippen LogP contribution in [0.3, 0.4) is 0 Å². The molecule has 0 bridgehead atoms. The van der Waals surface area contributed by atoms with Crippen LogP contribution in [0.5, 0.6) is 0 Å². The fourth-order valence-corrected chi connectivity index (χ4v) is 2.73. The van der Waals surface area contributed by atoms with Crippen molar-refractivity contribution in [3.63, 3.8) is 0 Å². The summed E-state index contributed by atoms with van der Waals surface area (Å²) >= 11 is 1.82. The lowest BCUT2D eigenvalue weighted by molar-refractivity contribution is 0.0538. The van der Waals surface area contributed by atoms with Gasteiger partial charge in [-0.2, -0.15) is 0 Å². The highest BCUT2D eigenvalue weighted by Gasteiger charge is 2.04. The summed E-state index contributed by atoms with van der Waals surface area (Å²) in [5, 5.41) is 5.57. The lowest BCUT2D eigenvalue weighted by Gasteiger charge is -2.15. The summed E-state index contributed by atoms with van der Waals surface area (Å²) < 4.78 is 5.74. The van der Waals surface area contributed by atoms with Crippen LogP contribution in [0, 0.1) is 12.8 Å². The Morgan fingerprint density at radius 1 is 1.35 bits per heavy atom. The molecule has 0 aliphatic heterocycles. The lowest BCUT2D eigenvalue weighted by atomic mass is 10.1. The second-order valence-corrected chi connectivity index (χ2v) is 6.02. The van der Waals surface area contributed by atoms with E-state index in [2.05, 4.69) is 44.5 Å². The van der Waals surface area contributed by atoms with Gasteiger partial charge in [0.2, 0.25) is 0 Å². The van der Waals surface area contributed by atoms with Gasteiger partial charge in [-0.25, -0.2) is 0 Å². The van der Waals surface area contributed by atoms with E-state index in [0.717, 1.165) is 26.1 Å². The van der Waals surface area contributed by atoms with Gasteiger partial charge >= 0.3 is 0 Å². The van der Waals surface area contributed by atoms with E-state index >= 15 is 0 Å². The molecule has 1 N–H and O–H groups in total. The summed E-state index contributed by atoms with van der Waals surface area (Å²) in [6.45, 7) is 11.5. The molecule has 17 heavy (non-hydrogen) atoms. The molecule has 0 aliphatic rings. The third-order valence-electron chi connectivity index (χ3n) is 2.74. The molecular formula is C14H25NOS. The third-order valence-corrected chi connectivity index (χ3v) is 3.76. The number of ether oxygens (including phenoxy) is 1. The van der Waals surface area contributed by atoms with E-state index < -0.39 is 0 Å². The number of hydrogen-bond donors (Lipinski definition) is 1. The zero-order chi connectivity index (χ0) is 12.7. The smallest absolute Gasteiger partial charge is 0.0594 e. The first-order valence-electron chi connectivity index (χ1n) is 6.45. The van der Waals surface area contributed by atoms with Gasteiger partial charge < -0.3 is 10.1 Å². The van der Waals surface area contributed by atoms with Crippen LogP contribution in [0.15, 0.2) is 11.4 Å². The molecule has 2 nitrogen and oxygen atoms in total. The maximum absolute atomic E-state index is 5.74. The summed E-state index contributed by atoms with van der Waals surface area (Å²) in [6, 6.07) is 2.17. The molecule has 1 unspecified atom stereocenters. The zero-order valence-electron chi connectivity index (χ0n) is 11.5. The Morgan fingerprint density at radius 2 is 2.12 bits per heavy atom. The van der Waals surface area contributed by atoms with Crippen molar-refractivity contribution in [1.29, 1.82) is 0 Å². The van der Waals surface area contributed by atoms with Gasteiger partial charge in [0.05, 0.1) is 12.7 Å². The molecular weight excluding hydrogens is 230 g/mol. The monoisotopic (exact) mass is 255 g/mol. The van der Waals surface area contributed by atoms with Gasteiger partial charge in [-0.1, -0.05) is 13.8 Å². The van der Waals surface area contributed by atoms with Crippen molar-refractivity contribution in [3.8, 4) is 0 Å². The van der Waals surface area contributed by atoms with Crippen LogP contribution in [0.1, 0.15) is 37.6 Å². The third kappa shape index (κ3) is 6.20. The maximum Gasteiger partial charge on any atom is 0.0594 e. The average Bonchev–Trinajstić information content (AvgIpc) is 2.63. The van der Waals surface area contributed by atoms with Gasteiger partial charge in [-0.05, 0) is 43.2 Å². The number of thiophene rings is 1. The summed E-state index contributed by atoms with van der Waals surface area (Å²) in [6.07, 6.45) is 1.52. The number of aryl methyl sites for hydroxylation is 1. The van der Waals surface area contributed by atoms with Gasteiger partial charge in [0.1, 0.15) is 0 Å². The van der Waals surface area contributed by atoms with Crippen molar-refractivity contribution < 1.29 is 4.74 Å². The summed E-state index contributed by atoms with van der Waals surface area (Å²) in [7, 11) is 0. The maximum atomic E-state index is 5.74. The van der Waals surface area contributed by atoms with Crippen LogP contribution < -0.4 is 5.32 Å². The molecule has 0 fully saturated rings. The van der Waals surface area contributed by atoms with E-state index in [1.165, 1.54) is 10.4 Å². The topological polar surface area (TPSA) is 21.3 Å². The number of nitrogens with one attached hydrogen (secondary N) is 1. The Balaban J connectivity index is 2.03. The Kier molecular flexibility index (Phi) is 6.78. The molecule has 0 saturated heterocycles. The largest absolute Gasteiger partial charge is 0.377 e. The van der Waals surface area contributed by atoms with Crippen molar-refractivity contribution in [1.82, 2.24) is 5.32 Å². The Labute approximate surface area is 109 Å². The van der Waals surface area contributed by atoms with E-state index in [1.54, 1.807) is 0 Å². The molecule has 1 aromatic heterocycles. The van der Waals surface area contributed by atoms with Crippen LogP contribution in [-0.4, -0.2) is 19.3 Å². The van der Waals surface area contributed by atoms with E-state index in [0.29, 0.717) is 12.0 Å². The van der Waals surface area contributed by atoms with Crippen molar-refractivity contribution in [2.24, 2.45) is 5.92 Å². The van der Waals surface area contributed by atoms with E-state index in [-0.39, 0.29) is 0 Å². The molecule has 0 saturated carbocycles.